The number of benzene rings is 3. The van der Waals surface area contributed by atoms with Crippen LogP contribution in [0.1, 0.15) is 17.2 Å². The summed E-state index contributed by atoms with van der Waals surface area (Å²) in [5, 5.41) is 10.3. The quantitative estimate of drug-likeness (QED) is 0.224. The normalized spacial score (nSPS) is 15.5. The van der Waals surface area contributed by atoms with Crippen LogP contribution in [0.2, 0.25) is 0 Å². The second kappa shape index (κ2) is 9.48. The molecule has 0 radical (unpaired) electrons. The fraction of sp³-hybridized carbons (Fsp3) is 0.160. The molecular weight excluding hydrogens is 450 g/mol. The van der Waals surface area contributed by atoms with Crippen molar-refractivity contribution < 1.29 is 14.3 Å². The number of aromatic nitrogens is 2. The van der Waals surface area contributed by atoms with E-state index in [0.717, 1.165) is 27.1 Å². The highest BCUT2D eigenvalue weighted by Gasteiger charge is 2.28. The highest BCUT2D eigenvalue weighted by Crippen LogP contribution is 2.42. The molecule has 172 valence electrons. The minimum Gasteiger partial charge on any atom is -0.482 e. The number of H-pyrrole nitrogens is 1. The van der Waals surface area contributed by atoms with E-state index in [9.17, 15) is 4.79 Å². The predicted octanol–water partition coefficient (Wildman–Crippen LogP) is 4.88. The average molecular weight is 474 g/mol. The fourth-order valence-electron chi connectivity index (χ4n) is 3.84. The van der Waals surface area contributed by atoms with E-state index in [-0.39, 0.29) is 17.7 Å². The number of fused-ring (bicyclic) bond motifs is 2. The zero-order valence-corrected chi connectivity index (χ0v) is 19.0. The Morgan fingerprint density at radius 3 is 2.74 bits per heavy atom. The summed E-state index contributed by atoms with van der Waals surface area (Å²) in [5.74, 6) is 1.16. The van der Waals surface area contributed by atoms with E-state index >= 15 is 0 Å². The minimum atomic E-state index is -0.630. The van der Waals surface area contributed by atoms with E-state index in [0.29, 0.717) is 18.1 Å². The molecule has 0 fully saturated rings. The Labute approximate surface area is 200 Å². The van der Waals surface area contributed by atoms with Crippen LogP contribution in [0.3, 0.4) is 0 Å². The molecule has 1 aliphatic heterocycles. The van der Waals surface area contributed by atoms with Crippen molar-refractivity contribution in [3.8, 4) is 5.75 Å². The first kappa shape index (κ1) is 21.8. The number of carbonyl (C=O) groups is 1. The topological polar surface area (TPSA) is 126 Å². The van der Waals surface area contributed by atoms with Crippen molar-refractivity contribution in [1.82, 2.24) is 9.97 Å². The maximum absolute atomic E-state index is 12.5. The van der Waals surface area contributed by atoms with Gasteiger partial charge in [0.15, 0.2) is 6.10 Å². The van der Waals surface area contributed by atoms with Crippen molar-refractivity contribution in [1.29, 1.82) is 5.41 Å². The van der Waals surface area contributed by atoms with Crippen LogP contribution < -0.4 is 15.8 Å². The fourth-order valence-corrected chi connectivity index (χ4v) is 5.00. The van der Waals surface area contributed by atoms with Gasteiger partial charge in [-0.15, -0.1) is 11.8 Å². The van der Waals surface area contributed by atoms with Crippen LogP contribution in [-0.2, 0) is 11.2 Å². The Morgan fingerprint density at radius 1 is 1.15 bits per heavy atom. The zero-order valence-electron chi connectivity index (χ0n) is 18.2. The number of amidine groups is 1. The number of anilines is 1. The van der Waals surface area contributed by atoms with Crippen molar-refractivity contribution in [2.45, 2.75) is 22.7 Å². The van der Waals surface area contributed by atoms with Crippen LogP contribution in [0.15, 0.2) is 77.7 Å². The Morgan fingerprint density at radius 2 is 1.94 bits per heavy atom. The predicted molar refractivity (Wildman–Crippen MR) is 133 cm³/mol. The summed E-state index contributed by atoms with van der Waals surface area (Å²) < 4.78 is 11.9. The molecule has 5 N–H and O–H groups in total. The first-order valence-corrected chi connectivity index (χ1v) is 11.7. The summed E-state index contributed by atoms with van der Waals surface area (Å²) >= 11 is 1.57. The van der Waals surface area contributed by atoms with E-state index < -0.39 is 12.2 Å². The number of nitrogens with zero attached hydrogens (tertiary/aromatic N) is 1. The molecule has 4 aromatic rings. The summed E-state index contributed by atoms with van der Waals surface area (Å²) in [6.45, 7) is 0.00300. The van der Waals surface area contributed by atoms with Crippen LogP contribution in [0.4, 0.5) is 10.7 Å². The number of thioether (sulfide) groups is 1. The van der Waals surface area contributed by atoms with Gasteiger partial charge in [0.2, 0.25) is 5.95 Å². The van der Waals surface area contributed by atoms with Crippen molar-refractivity contribution >= 4 is 40.7 Å². The van der Waals surface area contributed by atoms with Gasteiger partial charge in [-0.05, 0) is 36.2 Å². The third kappa shape index (κ3) is 4.69. The van der Waals surface area contributed by atoms with Gasteiger partial charge in [-0.25, -0.2) is 9.78 Å². The van der Waals surface area contributed by atoms with E-state index in [1.165, 1.54) is 0 Å². The van der Waals surface area contributed by atoms with Gasteiger partial charge in [0.05, 0.1) is 16.3 Å². The molecule has 2 heterocycles. The van der Waals surface area contributed by atoms with E-state index in [1.54, 1.807) is 11.8 Å². The van der Waals surface area contributed by atoms with Crippen molar-refractivity contribution in [2.24, 2.45) is 5.73 Å². The van der Waals surface area contributed by atoms with Crippen LogP contribution in [0.25, 0.3) is 11.0 Å². The Balaban J connectivity index is 1.30. The second-order valence-corrected chi connectivity index (χ2v) is 9.09. The lowest BCUT2D eigenvalue weighted by Crippen LogP contribution is -2.24. The number of amides is 1. The maximum atomic E-state index is 12.5. The number of imidazole rings is 1. The minimum absolute atomic E-state index is 0.00300. The smallest absolute Gasteiger partial charge is 0.414 e. The molecule has 0 saturated carbocycles. The lowest BCUT2D eigenvalue weighted by atomic mass is 10.1. The summed E-state index contributed by atoms with van der Waals surface area (Å²) in [6.07, 6.45) is -0.523. The largest absolute Gasteiger partial charge is 0.482 e. The molecule has 1 aliphatic rings. The summed E-state index contributed by atoms with van der Waals surface area (Å²) in [4.78, 5) is 20.9. The van der Waals surface area contributed by atoms with Crippen LogP contribution >= 0.6 is 11.8 Å². The third-order valence-corrected chi connectivity index (χ3v) is 6.85. The molecule has 2 unspecified atom stereocenters. The average Bonchev–Trinajstić information content (AvgIpc) is 3.46. The van der Waals surface area contributed by atoms with Gasteiger partial charge in [0, 0.05) is 10.5 Å². The van der Waals surface area contributed by atoms with Crippen molar-refractivity contribution in [3.63, 3.8) is 0 Å². The lowest BCUT2D eigenvalue weighted by Gasteiger charge is -2.21. The van der Waals surface area contributed by atoms with Gasteiger partial charge in [-0.1, -0.05) is 48.5 Å². The number of ether oxygens (including phenoxy) is 2. The molecule has 8 nitrogen and oxygen atoms in total. The van der Waals surface area contributed by atoms with Crippen LogP contribution in [0, 0.1) is 5.41 Å². The molecule has 2 atom stereocenters. The Kier molecular flexibility index (Phi) is 6.09. The molecule has 1 aromatic heterocycles. The molecule has 5 rings (SSSR count). The number of rotatable bonds is 7. The van der Waals surface area contributed by atoms with Gasteiger partial charge in [-0.2, -0.15) is 0 Å². The summed E-state index contributed by atoms with van der Waals surface area (Å²) in [5.41, 5.74) is 9.21. The van der Waals surface area contributed by atoms with E-state index in [1.807, 2.05) is 72.8 Å². The second-order valence-electron chi connectivity index (χ2n) is 7.84. The highest BCUT2D eigenvalue weighted by atomic mass is 32.2. The molecule has 0 spiro atoms. The van der Waals surface area contributed by atoms with Gasteiger partial charge in [0.25, 0.3) is 0 Å². The summed E-state index contributed by atoms with van der Waals surface area (Å²) in [6, 6.07) is 22.9. The zero-order chi connectivity index (χ0) is 23.5. The number of nitrogens with two attached hydrogens (primary N) is 1. The third-order valence-electron chi connectivity index (χ3n) is 5.51. The van der Waals surface area contributed by atoms with Crippen molar-refractivity contribution in [2.75, 3.05) is 11.9 Å². The number of nitrogens with one attached hydrogen (secondary N) is 3. The SMILES string of the molecule is N=C(N)C1Cc2c(OC(COC(=O)Nc3nc4ccccc4[nH]3)c3ccccc3)cccc2S1. The van der Waals surface area contributed by atoms with Gasteiger partial charge >= 0.3 is 6.09 Å². The van der Waals surface area contributed by atoms with Gasteiger partial charge in [0.1, 0.15) is 18.2 Å². The molecule has 9 heteroatoms. The lowest BCUT2D eigenvalue weighted by molar-refractivity contribution is 0.0892. The molecule has 3 aromatic carbocycles. The standard InChI is InChI=1S/C25H23N5O3S/c26-23(27)22-13-16-19(11-6-12-21(16)34-22)33-20(15-7-2-1-3-8-15)14-32-25(31)30-24-28-17-9-4-5-10-18(17)29-24/h1-12,20,22H,13-14H2,(H3,26,27)(H2,28,29,30,31). The van der Waals surface area contributed by atoms with Gasteiger partial charge < -0.3 is 20.2 Å². The van der Waals surface area contributed by atoms with Crippen LogP contribution in [0.5, 0.6) is 5.75 Å². The Hall–Kier alpha value is -3.98. The maximum Gasteiger partial charge on any atom is 0.414 e. The molecule has 1 amide bonds. The number of hydrogen-bond donors (Lipinski definition) is 4. The van der Waals surface area contributed by atoms with E-state index in [2.05, 4.69) is 15.3 Å². The number of para-hydroxylation sites is 2. The van der Waals surface area contributed by atoms with Gasteiger partial charge in [-0.3, -0.25) is 10.7 Å². The molecule has 34 heavy (non-hydrogen) atoms. The number of carbonyl (C=O) groups excluding carboxylic acids is 1. The Bertz CT molecular complexity index is 1310. The summed E-state index contributed by atoms with van der Waals surface area (Å²) in [7, 11) is 0. The highest BCUT2D eigenvalue weighted by molar-refractivity contribution is 8.01. The molecule has 0 aliphatic carbocycles. The van der Waals surface area contributed by atoms with E-state index in [4.69, 9.17) is 20.6 Å². The first-order valence-electron chi connectivity index (χ1n) is 10.8. The number of aromatic amines is 1. The van der Waals surface area contributed by atoms with Crippen LogP contribution in [-0.4, -0.2) is 33.8 Å². The van der Waals surface area contributed by atoms with Crippen molar-refractivity contribution in [3.05, 3.63) is 83.9 Å². The molecule has 0 saturated heterocycles. The molecule has 0 bridgehead atoms. The molecular formula is C25H23N5O3S. The number of hydrogen-bond acceptors (Lipinski definition) is 6. The first-order chi connectivity index (χ1) is 16.6. The monoisotopic (exact) mass is 473 g/mol.